The molecule has 1 saturated carbocycles. The van der Waals surface area contributed by atoms with Crippen molar-refractivity contribution in [2.24, 2.45) is 5.92 Å². The monoisotopic (exact) mass is 352 g/mol. The lowest BCUT2D eigenvalue weighted by Crippen LogP contribution is -2.46. The second-order valence-electron chi connectivity index (χ2n) is 8.95. The summed E-state index contributed by atoms with van der Waals surface area (Å²) < 4.78 is 17.8. The predicted molar refractivity (Wildman–Crippen MR) is 94.1 cm³/mol. The van der Waals surface area contributed by atoms with E-state index in [9.17, 15) is 9.90 Å². The van der Waals surface area contributed by atoms with Crippen LogP contribution in [-0.2, 0) is 19.0 Å². The Balaban J connectivity index is 1.87. The SMILES string of the molecule is C/C=C(/C)C(=O)O[C@@H]1[C@H](C(C)(C)O)CC[C@@]2(C)O[C@@H]2CC[C@@]2(C)O[C@H]12. The Morgan fingerprint density at radius 3 is 2.44 bits per heavy atom. The van der Waals surface area contributed by atoms with Gasteiger partial charge in [0.25, 0.3) is 0 Å². The van der Waals surface area contributed by atoms with Crippen LogP contribution >= 0.6 is 0 Å². The molecule has 0 aromatic carbocycles. The number of hydrogen-bond donors (Lipinski definition) is 1. The fourth-order valence-electron chi connectivity index (χ4n) is 4.22. The zero-order valence-electron chi connectivity index (χ0n) is 16.3. The lowest BCUT2D eigenvalue weighted by atomic mass is 9.76. The Hall–Kier alpha value is -0.910. The van der Waals surface area contributed by atoms with Crippen LogP contribution in [0.3, 0.4) is 0 Å². The summed E-state index contributed by atoms with van der Waals surface area (Å²) in [5, 5.41) is 10.8. The largest absolute Gasteiger partial charge is 0.456 e. The fourth-order valence-corrected chi connectivity index (χ4v) is 4.22. The second kappa shape index (κ2) is 6.07. The van der Waals surface area contributed by atoms with Crippen molar-refractivity contribution >= 4 is 5.97 Å². The number of carbonyl (C=O) groups is 1. The number of carbonyl (C=O) groups excluding carboxylic acids is 1. The van der Waals surface area contributed by atoms with Crippen molar-refractivity contribution in [3.8, 4) is 0 Å². The highest BCUT2D eigenvalue weighted by molar-refractivity contribution is 5.87. The minimum Gasteiger partial charge on any atom is -0.456 e. The molecule has 0 spiro atoms. The van der Waals surface area contributed by atoms with E-state index >= 15 is 0 Å². The summed E-state index contributed by atoms with van der Waals surface area (Å²) in [4.78, 5) is 12.4. The maximum Gasteiger partial charge on any atom is 0.333 e. The Labute approximate surface area is 150 Å². The second-order valence-corrected chi connectivity index (χ2v) is 8.95. The molecule has 0 unspecified atom stereocenters. The van der Waals surface area contributed by atoms with Gasteiger partial charge in [-0.05, 0) is 67.2 Å². The lowest BCUT2D eigenvalue weighted by Gasteiger charge is -2.36. The maximum absolute atomic E-state index is 12.4. The van der Waals surface area contributed by atoms with Gasteiger partial charge >= 0.3 is 5.97 Å². The Morgan fingerprint density at radius 1 is 1.20 bits per heavy atom. The first-order chi connectivity index (χ1) is 11.5. The van der Waals surface area contributed by atoms with E-state index in [2.05, 4.69) is 13.8 Å². The zero-order valence-corrected chi connectivity index (χ0v) is 16.3. The Kier molecular flexibility index (Phi) is 4.58. The van der Waals surface area contributed by atoms with Crippen molar-refractivity contribution in [2.45, 2.75) is 102 Å². The molecule has 0 radical (unpaired) electrons. The summed E-state index contributed by atoms with van der Waals surface area (Å²) in [5.41, 5.74) is -0.814. The van der Waals surface area contributed by atoms with Crippen LogP contribution in [-0.4, -0.2) is 46.2 Å². The number of epoxide rings is 2. The van der Waals surface area contributed by atoms with Gasteiger partial charge in [-0.1, -0.05) is 6.08 Å². The van der Waals surface area contributed by atoms with Gasteiger partial charge in [-0.3, -0.25) is 0 Å². The minimum absolute atomic E-state index is 0.116. The quantitative estimate of drug-likeness (QED) is 0.480. The van der Waals surface area contributed by atoms with Crippen molar-refractivity contribution in [3.05, 3.63) is 11.6 Å². The molecule has 0 aromatic rings. The van der Waals surface area contributed by atoms with Crippen molar-refractivity contribution in [3.63, 3.8) is 0 Å². The molecule has 142 valence electrons. The van der Waals surface area contributed by atoms with Crippen molar-refractivity contribution in [2.75, 3.05) is 0 Å². The molecule has 3 aliphatic rings. The van der Waals surface area contributed by atoms with Crippen LogP contribution in [0.1, 0.15) is 67.2 Å². The summed E-state index contributed by atoms with van der Waals surface area (Å²) in [6, 6.07) is 0. The number of esters is 1. The number of ether oxygens (including phenoxy) is 3. The van der Waals surface area contributed by atoms with Gasteiger partial charge in [-0.25, -0.2) is 4.79 Å². The third-order valence-electron chi connectivity index (χ3n) is 6.43. The summed E-state index contributed by atoms with van der Waals surface area (Å²) in [7, 11) is 0. The minimum atomic E-state index is -0.971. The van der Waals surface area contributed by atoms with E-state index in [0.717, 1.165) is 25.7 Å². The standard InChI is InChI=1S/C20H32O5/c1-7-12(2)17(21)23-15-13(18(3,4)22)8-10-19(5)14(24-19)9-11-20(6)16(15)25-20/h7,13-16,22H,8-11H2,1-6H3/b12-7-/t13-,14-,15-,16-,19-,20-/m1/s1. The van der Waals surface area contributed by atoms with E-state index in [1.807, 2.05) is 6.92 Å². The number of fused-ring (bicyclic) bond motifs is 2. The van der Waals surface area contributed by atoms with E-state index in [4.69, 9.17) is 14.2 Å². The molecular formula is C20H32O5. The normalized spacial score (nSPS) is 44.4. The molecule has 5 nitrogen and oxygen atoms in total. The molecule has 0 aromatic heterocycles. The van der Waals surface area contributed by atoms with E-state index < -0.39 is 11.7 Å². The van der Waals surface area contributed by atoms with Crippen LogP contribution < -0.4 is 0 Å². The first kappa shape index (κ1) is 18.9. The highest BCUT2D eigenvalue weighted by Crippen LogP contribution is 2.53. The molecule has 2 heterocycles. The summed E-state index contributed by atoms with van der Waals surface area (Å²) in [6.45, 7) is 11.4. The predicted octanol–water partition coefficient (Wildman–Crippen LogP) is 3.14. The van der Waals surface area contributed by atoms with Gasteiger partial charge in [0.05, 0.1) is 22.9 Å². The molecule has 3 rings (SSSR count). The summed E-state index contributed by atoms with van der Waals surface area (Å²) in [6.07, 6.45) is 4.84. The molecule has 2 saturated heterocycles. The molecule has 0 bridgehead atoms. The molecule has 6 atom stereocenters. The van der Waals surface area contributed by atoms with Crippen molar-refractivity contribution in [1.29, 1.82) is 0 Å². The van der Waals surface area contributed by atoms with Crippen LogP contribution in [0.4, 0.5) is 0 Å². The number of aliphatic hydroxyl groups is 1. The Morgan fingerprint density at radius 2 is 1.84 bits per heavy atom. The molecular weight excluding hydrogens is 320 g/mol. The third-order valence-corrected chi connectivity index (χ3v) is 6.43. The van der Waals surface area contributed by atoms with Crippen LogP contribution in [0, 0.1) is 5.92 Å². The van der Waals surface area contributed by atoms with E-state index in [1.165, 1.54) is 0 Å². The number of rotatable bonds is 3. The third kappa shape index (κ3) is 3.64. The van der Waals surface area contributed by atoms with Gasteiger partial charge in [0.1, 0.15) is 12.2 Å². The van der Waals surface area contributed by atoms with Crippen LogP contribution in [0.2, 0.25) is 0 Å². The van der Waals surface area contributed by atoms with Crippen LogP contribution in [0.25, 0.3) is 0 Å². The van der Waals surface area contributed by atoms with E-state index in [-0.39, 0.29) is 35.3 Å². The van der Waals surface area contributed by atoms with E-state index in [1.54, 1.807) is 26.8 Å². The lowest BCUT2D eigenvalue weighted by molar-refractivity contribution is -0.155. The first-order valence-corrected chi connectivity index (χ1v) is 9.42. The topological polar surface area (TPSA) is 71.6 Å². The average Bonchev–Trinajstić information content (AvgIpc) is 3.37. The molecule has 1 aliphatic carbocycles. The summed E-state index contributed by atoms with van der Waals surface area (Å²) >= 11 is 0. The van der Waals surface area contributed by atoms with Crippen molar-refractivity contribution in [1.82, 2.24) is 0 Å². The molecule has 0 amide bonds. The number of allylic oxidation sites excluding steroid dienone is 1. The zero-order chi connectivity index (χ0) is 18.6. The smallest absolute Gasteiger partial charge is 0.333 e. The van der Waals surface area contributed by atoms with Gasteiger partial charge in [-0.15, -0.1) is 0 Å². The molecule has 3 fully saturated rings. The van der Waals surface area contributed by atoms with Crippen LogP contribution in [0.5, 0.6) is 0 Å². The van der Waals surface area contributed by atoms with Gasteiger partial charge in [-0.2, -0.15) is 0 Å². The average molecular weight is 352 g/mol. The molecule has 1 N–H and O–H groups in total. The molecule has 2 aliphatic heterocycles. The van der Waals surface area contributed by atoms with E-state index in [0.29, 0.717) is 5.57 Å². The molecule has 5 heteroatoms. The van der Waals surface area contributed by atoms with Crippen molar-refractivity contribution < 1.29 is 24.1 Å². The number of hydrogen-bond acceptors (Lipinski definition) is 5. The first-order valence-electron chi connectivity index (χ1n) is 9.42. The highest BCUT2D eigenvalue weighted by atomic mass is 16.6. The van der Waals surface area contributed by atoms with Gasteiger partial charge < -0.3 is 19.3 Å². The van der Waals surface area contributed by atoms with Crippen LogP contribution in [0.15, 0.2) is 11.6 Å². The Bertz CT molecular complexity index is 577. The highest BCUT2D eigenvalue weighted by Gasteiger charge is 2.63. The molecule has 25 heavy (non-hydrogen) atoms. The fraction of sp³-hybridized carbons (Fsp3) is 0.850. The summed E-state index contributed by atoms with van der Waals surface area (Å²) in [5.74, 6) is -0.531. The van der Waals surface area contributed by atoms with Gasteiger partial charge in [0.2, 0.25) is 0 Å². The maximum atomic E-state index is 12.4. The van der Waals surface area contributed by atoms with Gasteiger partial charge in [0.15, 0.2) is 0 Å². The van der Waals surface area contributed by atoms with Gasteiger partial charge in [0, 0.05) is 11.5 Å².